The van der Waals surface area contributed by atoms with Gasteiger partial charge in [0.15, 0.2) is 23.5 Å². The summed E-state index contributed by atoms with van der Waals surface area (Å²) in [5, 5.41) is 25.9. The van der Waals surface area contributed by atoms with Crippen LogP contribution in [0, 0.1) is 0 Å². The van der Waals surface area contributed by atoms with Crippen LogP contribution in [0.15, 0.2) is 53.8 Å². The van der Waals surface area contributed by atoms with Crippen molar-refractivity contribution in [2.45, 2.75) is 76.9 Å². The number of nitrogens with one attached hydrogen (secondary N) is 1. The summed E-state index contributed by atoms with van der Waals surface area (Å²) in [6.07, 6.45) is -4.01. The van der Waals surface area contributed by atoms with Crippen LogP contribution in [0.1, 0.15) is 50.8 Å². The molecule has 0 bridgehead atoms. The number of fused-ring (bicyclic) bond motifs is 2. The van der Waals surface area contributed by atoms with Crippen molar-refractivity contribution in [2.75, 3.05) is 0 Å². The highest BCUT2D eigenvalue weighted by Gasteiger charge is 2.49. The van der Waals surface area contributed by atoms with Gasteiger partial charge in [0.2, 0.25) is 0 Å². The fourth-order valence-electron chi connectivity index (χ4n) is 4.87. The van der Waals surface area contributed by atoms with E-state index in [1.807, 2.05) is 18.2 Å². The van der Waals surface area contributed by atoms with Crippen LogP contribution in [0.4, 0.5) is 5.82 Å². The number of hydrogen-bond donors (Lipinski definition) is 3. The lowest BCUT2D eigenvalue weighted by molar-refractivity contribution is -0.149. The molecule has 1 saturated heterocycles. The Kier molecular flexibility index (Phi) is 8.61. The molecular formula is C28H33N4O9P. The number of ketones is 1. The van der Waals surface area contributed by atoms with Gasteiger partial charge in [0.1, 0.15) is 30.1 Å². The molecule has 1 fully saturated rings. The van der Waals surface area contributed by atoms with Gasteiger partial charge in [0, 0.05) is 18.0 Å². The smallest absolute Gasteiger partial charge is 0.459 e. The van der Waals surface area contributed by atoms with E-state index in [1.54, 1.807) is 38.1 Å². The van der Waals surface area contributed by atoms with Crippen molar-refractivity contribution < 1.29 is 42.9 Å². The lowest BCUT2D eigenvalue weighted by atomic mass is 10.1. The van der Waals surface area contributed by atoms with E-state index in [0.717, 1.165) is 5.39 Å². The van der Waals surface area contributed by atoms with Crippen molar-refractivity contribution in [2.24, 2.45) is 4.99 Å². The highest BCUT2D eigenvalue weighted by atomic mass is 31.2. The third-order valence-electron chi connectivity index (χ3n) is 6.86. The molecule has 0 saturated carbocycles. The number of imidazole rings is 1. The summed E-state index contributed by atoms with van der Waals surface area (Å²) in [6, 6.07) is 11.4. The molecule has 0 spiro atoms. The number of nitrogens with zero attached hydrogens (tertiary/aromatic N) is 3. The lowest BCUT2D eigenvalue weighted by Gasteiger charge is -2.29. The number of hydrogen-bond acceptors (Lipinski definition) is 11. The van der Waals surface area contributed by atoms with Crippen LogP contribution in [0.25, 0.3) is 10.8 Å². The molecule has 224 valence electrons. The van der Waals surface area contributed by atoms with Gasteiger partial charge in [-0.3, -0.25) is 18.7 Å². The Balaban J connectivity index is 1.41. The van der Waals surface area contributed by atoms with Crippen molar-refractivity contribution in [1.82, 2.24) is 14.6 Å². The summed E-state index contributed by atoms with van der Waals surface area (Å²) in [5.74, 6) is -0.474. The topological polar surface area (TPSA) is 171 Å². The molecule has 0 aliphatic carbocycles. The molecule has 2 aliphatic heterocycles. The molecule has 42 heavy (non-hydrogen) atoms. The van der Waals surface area contributed by atoms with Gasteiger partial charge < -0.3 is 24.2 Å². The van der Waals surface area contributed by atoms with Crippen LogP contribution in [0.3, 0.4) is 0 Å². The Bertz CT molecular complexity index is 1550. The first-order valence-corrected chi connectivity index (χ1v) is 15.1. The van der Waals surface area contributed by atoms with Crippen molar-refractivity contribution in [3.8, 4) is 5.75 Å². The molecular weight excluding hydrogens is 567 g/mol. The summed E-state index contributed by atoms with van der Waals surface area (Å²) >= 11 is 0. The van der Waals surface area contributed by atoms with Gasteiger partial charge in [-0.05, 0) is 39.1 Å². The highest BCUT2D eigenvalue weighted by molar-refractivity contribution is 7.52. The molecule has 2 aromatic carbocycles. The SMILES string of the molecule is CC(C)OC(=O)C(C)NP(=O)(Oc1cccc2ccccc12)OC(C)[C@H]1O[C@@H](n2cnc3c2N=CCC3=O)C(O)C1O. The fraction of sp³-hybridized carbons (Fsp3) is 0.429. The van der Waals surface area contributed by atoms with Crippen LogP contribution < -0.4 is 9.61 Å². The van der Waals surface area contributed by atoms with E-state index >= 15 is 0 Å². The maximum absolute atomic E-state index is 14.3. The second kappa shape index (κ2) is 12.0. The lowest BCUT2D eigenvalue weighted by Crippen LogP contribution is -2.41. The van der Waals surface area contributed by atoms with Crippen molar-refractivity contribution in [1.29, 1.82) is 0 Å². The number of Topliss-reactive ketones (excluding diaryl/α,β-unsaturated/α-hetero) is 1. The minimum atomic E-state index is -4.37. The molecule has 5 unspecified atom stereocenters. The minimum Gasteiger partial charge on any atom is -0.462 e. The molecule has 2 aliphatic rings. The molecule has 3 heterocycles. The predicted octanol–water partition coefficient (Wildman–Crippen LogP) is 3.47. The zero-order chi connectivity index (χ0) is 30.2. The number of ether oxygens (including phenoxy) is 2. The summed E-state index contributed by atoms with van der Waals surface area (Å²) in [4.78, 5) is 33.1. The molecule has 0 radical (unpaired) electrons. The second-order valence-electron chi connectivity index (χ2n) is 10.4. The molecule has 7 atom stereocenters. The van der Waals surface area contributed by atoms with Crippen LogP contribution >= 0.6 is 7.75 Å². The number of carbonyl (C=O) groups excluding carboxylic acids is 2. The number of carbonyl (C=O) groups is 2. The van der Waals surface area contributed by atoms with Crippen LogP contribution in [-0.4, -0.2) is 74.3 Å². The number of aliphatic hydroxyl groups excluding tert-OH is 2. The second-order valence-corrected chi connectivity index (χ2v) is 12.1. The number of aliphatic hydroxyl groups is 2. The monoisotopic (exact) mass is 600 g/mol. The van der Waals surface area contributed by atoms with Crippen LogP contribution in [-0.2, 0) is 23.4 Å². The number of esters is 1. The third kappa shape index (κ3) is 6.03. The van der Waals surface area contributed by atoms with E-state index in [-0.39, 0.29) is 29.5 Å². The maximum Gasteiger partial charge on any atom is 0.459 e. The van der Waals surface area contributed by atoms with Crippen molar-refractivity contribution >= 4 is 42.3 Å². The summed E-state index contributed by atoms with van der Waals surface area (Å²) in [5.41, 5.74) is 0.134. The number of aromatic nitrogens is 2. The van der Waals surface area contributed by atoms with Gasteiger partial charge in [-0.2, -0.15) is 5.09 Å². The molecule has 13 nitrogen and oxygen atoms in total. The van der Waals surface area contributed by atoms with Gasteiger partial charge >= 0.3 is 13.7 Å². The van der Waals surface area contributed by atoms with Crippen molar-refractivity contribution in [3.05, 3.63) is 54.5 Å². The number of aliphatic imine (C=N–C) groups is 1. The van der Waals surface area contributed by atoms with E-state index in [1.165, 1.54) is 31.0 Å². The third-order valence-corrected chi connectivity index (χ3v) is 8.62. The van der Waals surface area contributed by atoms with E-state index < -0.39 is 56.5 Å². The van der Waals surface area contributed by atoms with Gasteiger partial charge in [0.05, 0.1) is 18.5 Å². The average molecular weight is 601 g/mol. The maximum atomic E-state index is 14.3. The Labute approximate surface area is 242 Å². The zero-order valence-corrected chi connectivity index (χ0v) is 24.4. The van der Waals surface area contributed by atoms with E-state index in [9.17, 15) is 24.4 Å². The molecule has 0 amide bonds. The molecule has 14 heteroatoms. The van der Waals surface area contributed by atoms with Gasteiger partial charge in [0.25, 0.3) is 0 Å². The minimum absolute atomic E-state index is 0.107. The van der Waals surface area contributed by atoms with Gasteiger partial charge in [-0.25, -0.2) is 14.5 Å². The normalized spacial score (nSPS) is 24.8. The van der Waals surface area contributed by atoms with E-state index in [2.05, 4.69) is 15.1 Å². The first-order chi connectivity index (χ1) is 20.0. The quantitative estimate of drug-likeness (QED) is 0.230. The summed E-state index contributed by atoms with van der Waals surface area (Å²) in [7, 11) is -4.37. The Hall–Kier alpha value is -3.45. The Morgan fingerprint density at radius 2 is 1.86 bits per heavy atom. The first kappa shape index (κ1) is 30.0. The summed E-state index contributed by atoms with van der Waals surface area (Å²) in [6.45, 7) is 6.33. The highest BCUT2D eigenvalue weighted by Crippen LogP contribution is 2.49. The summed E-state index contributed by atoms with van der Waals surface area (Å²) < 4.78 is 38.8. The van der Waals surface area contributed by atoms with Gasteiger partial charge in [-0.1, -0.05) is 36.4 Å². The average Bonchev–Trinajstić information content (AvgIpc) is 3.50. The molecule has 3 aromatic rings. The van der Waals surface area contributed by atoms with E-state index in [0.29, 0.717) is 5.39 Å². The number of rotatable bonds is 10. The zero-order valence-electron chi connectivity index (χ0n) is 23.5. The fourth-order valence-corrected chi connectivity index (χ4v) is 6.58. The van der Waals surface area contributed by atoms with Crippen LogP contribution in [0.2, 0.25) is 0 Å². The Morgan fingerprint density at radius 3 is 2.62 bits per heavy atom. The molecule has 3 N–H and O–H groups in total. The Morgan fingerprint density at radius 1 is 1.12 bits per heavy atom. The molecule has 1 aromatic heterocycles. The first-order valence-electron chi connectivity index (χ1n) is 13.6. The molecule has 5 rings (SSSR count). The standard InChI is InChI=1S/C28H33N4O9P/c1-15(2)38-28(36)16(3)31-42(37,41-21-11-7-9-18-8-5-6-10-19(18)21)40-17(4)25-23(34)24(35)27(39-25)32-14-30-22-20(33)12-13-29-26(22)32/h5-11,13-17,23-25,27,34-35H,12H2,1-4H3,(H,31,37)/t16?,17?,23?,24?,25-,27-,42?/m1/s1. The van der Waals surface area contributed by atoms with Crippen LogP contribution in [0.5, 0.6) is 5.75 Å². The largest absolute Gasteiger partial charge is 0.462 e. The predicted molar refractivity (Wildman–Crippen MR) is 152 cm³/mol. The van der Waals surface area contributed by atoms with E-state index in [4.69, 9.17) is 18.5 Å². The number of benzene rings is 2. The van der Waals surface area contributed by atoms with Gasteiger partial charge in [-0.15, -0.1) is 0 Å². The van der Waals surface area contributed by atoms with Crippen molar-refractivity contribution in [3.63, 3.8) is 0 Å².